The molecule has 0 fully saturated rings. The SMILES string of the molecule is COc1ccccc1NC(=O)COc1c(-c2ccccc2)oc2cc(C)c(Cl)cc2c1=O. The number of ether oxygens (including phenoxy) is 2. The first-order valence-electron chi connectivity index (χ1n) is 9.86. The van der Waals surface area contributed by atoms with Gasteiger partial charge in [-0.3, -0.25) is 9.59 Å². The highest BCUT2D eigenvalue weighted by molar-refractivity contribution is 6.32. The summed E-state index contributed by atoms with van der Waals surface area (Å²) in [5, 5.41) is 3.44. The summed E-state index contributed by atoms with van der Waals surface area (Å²) in [7, 11) is 1.51. The minimum atomic E-state index is -0.449. The molecule has 0 aliphatic heterocycles. The Morgan fingerprint density at radius 1 is 1.06 bits per heavy atom. The Balaban J connectivity index is 1.70. The molecule has 0 saturated carbocycles. The van der Waals surface area contributed by atoms with E-state index in [1.807, 2.05) is 25.1 Å². The highest BCUT2D eigenvalue weighted by atomic mass is 35.5. The lowest BCUT2D eigenvalue weighted by molar-refractivity contribution is -0.118. The van der Waals surface area contributed by atoms with Crippen LogP contribution in [0.1, 0.15) is 5.56 Å². The van der Waals surface area contributed by atoms with Crippen molar-refractivity contribution in [1.29, 1.82) is 0 Å². The first kappa shape index (κ1) is 21.5. The standard InChI is InChI=1S/C25H20ClNO5/c1-15-12-21-17(13-18(15)26)23(29)25(24(32-21)16-8-4-3-5-9-16)31-14-22(28)27-19-10-6-7-11-20(19)30-2/h3-13H,14H2,1-2H3,(H,27,28). The average molecular weight is 450 g/mol. The topological polar surface area (TPSA) is 77.8 Å². The van der Waals surface area contributed by atoms with Crippen LogP contribution in [0, 0.1) is 6.92 Å². The Hall–Kier alpha value is -3.77. The van der Waals surface area contributed by atoms with Crippen LogP contribution in [0.5, 0.6) is 11.5 Å². The molecular weight excluding hydrogens is 430 g/mol. The van der Waals surface area contributed by atoms with Crippen LogP contribution >= 0.6 is 11.6 Å². The van der Waals surface area contributed by atoms with Crippen molar-refractivity contribution in [2.75, 3.05) is 19.0 Å². The molecule has 0 radical (unpaired) electrons. The van der Waals surface area contributed by atoms with E-state index in [-0.39, 0.29) is 16.9 Å². The third kappa shape index (κ3) is 4.31. The predicted molar refractivity (Wildman–Crippen MR) is 125 cm³/mol. The molecule has 0 saturated heterocycles. The normalized spacial score (nSPS) is 10.7. The summed E-state index contributed by atoms with van der Waals surface area (Å²) in [5.41, 5.74) is 1.92. The van der Waals surface area contributed by atoms with Gasteiger partial charge in [-0.2, -0.15) is 0 Å². The van der Waals surface area contributed by atoms with Crippen molar-refractivity contribution in [2.45, 2.75) is 6.92 Å². The Morgan fingerprint density at radius 3 is 2.53 bits per heavy atom. The van der Waals surface area contributed by atoms with Gasteiger partial charge in [0.2, 0.25) is 11.2 Å². The van der Waals surface area contributed by atoms with Crippen LogP contribution in [0.25, 0.3) is 22.3 Å². The number of aryl methyl sites for hydroxylation is 1. The molecule has 1 N–H and O–H groups in total. The molecule has 1 aromatic heterocycles. The second kappa shape index (κ2) is 9.16. The maximum Gasteiger partial charge on any atom is 0.262 e. The molecule has 0 bridgehead atoms. The highest BCUT2D eigenvalue weighted by Gasteiger charge is 2.20. The molecule has 1 heterocycles. The zero-order valence-corrected chi connectivity index (χ0v) is 18.2. The zero-order chi connectivity index (χ0) is 22.7. The number of fused-ring (bicyclic) bond motifs is 1. The molecule has 0 atom stereocenters. The summed E-state index contributed by atoms with van der Waals surface area (Å²) < 4.78 is 17.0. The van der Waals surface area contributed by atoms with Crippen LogP contribution in [0.3, 0.4) is 0 Å². The number of carbonyl (C=O) groups excluding carboxylic acids is 1. The number of anilines is 1. The molecular formula is C25H20ClNO5. The van der Waals surface area contributed by atoms with Gasteiger partial charge in [0, 0.05) is 10.6 Å². The first-order valence-corrected chi connectivity index (χ1v) is 10.2. The number of amides is 1. The molecule has 0 unspecified atom stereocenters. The smallest absolute Gasteiger partial charge is 0.262 e. The highest BCUT2D eigenvalue weighted by Crippen LogP contribution is 2.32. The number of para-hydroxylation sites is 2. The number of hydrogen-bond acceptors (Lipinski definition) is 5. The van der Waals surface area contributed by atoms with Gasteiger partial charge in [-0.1, -0.05) is 54.1 Å². The van der Waals surface area contributed by atoms with Crippen molar-refractivity contribution in [3.8, 4) is 22.8 Å². The van der Waals surface area contributed by atoms with E-state index in [0.717, 1.165) is 5.56 Å². The maximum atomic E-state index is 13.3. The van der Waals surface area contributed by atoms with Gasteiger partial charge in [0.15, 0.2) is 12.4 Å². The monoisotopic (exact) mass is 449 g/mol. The average Bonchev–Trinajstić information content (AvgIpc) is 2.80. The Morgan fingerprint density at radius 2 is 1.78 bits per heavy atom. The second-order valence-corrected chi connectivity index (χ2v) is 7.50. The largest absolute Gasteiger partial charge is 0.495 e. The van der Waals surface area contributed by atoms with Gasteiger partial charge in [-0.05, 0) is 36.8 Å². The van der Waals surface area contributed by atoms with E-state index in [0.29, 0.717) is 27.6 Å². The summed E-state index contributed by atoms with van der Waals surface area (Å²) in [6.45, 7) is 1.43. The number of rotatable bonds is 6. The van der Waals surface area contributed by atoms with Gasteiger partial charge >= 0.3 is 0 Å². The zero-order valence-electron chi connectivity index (χ0n) is 17.5. The lowest BCUT2D eigenvalue weighted by atomic mass is 10.1. The molecule has 162 valence electrons. The van der Waals surface area contributed by atoms with Crippen molar-refractivity contribution < 1.29 is 18.7 Å². The lowest BCUT2D eigenvalue weighted by Gasteiger charge is -2.13. The third-order valence-corrected chi connectivity index (χ3v) is 5.30. The quantitative estimate of drug-likeness (QED) is 0.423. The number of nitrogens with one attached hydrogen (secondary N) is 1. The number of carbonyl (C=O) groups is 1. The first-order chi connectivity index (χ1) is 15.5. The van der Waals surface area contributed by atoms with Gasteiger partial charge in [0.1, 0.15) is 11.3 Å². The fraction of sp³-hybridized carbons (Fsp3) is 0.120. The fourth-order valence-electron chi connectivity index (χ4n) is 3.28. The second-order valence-electron chi connectivity index (χ2n) is 7.09. The molecule has 3 aromatic carbocycles. The van der Waals surface area contributed by atoms with Crippen LogP contribution in [-0.2, 0) is 4.79 Å². The van der Waals surface area contributed by atoms with Gasteiger partial charge in [-0.15, -0.1) is 0 Å². The fourth-order valence-corrected chi connectivity index (χ4v) is 3.44. The Kier molecular flexibility index (Phi) is 6.14. The number of benzene rings is 3. The molecule has 0 aliphatic carbocycles. The molecule has 32 heavy (non-hydrogen) atoms. The van der Waals surface area contributed by atoms with Crippen molar-refractivity contribution in [3.63, 3.8) is 0 Å². The van der Waals surface area contributed by atoms with Crippen LogP contribution in [0.4, 0.5) is 5.69 Å². The summed E-state index contributed by atoms with van der Waals surface area (Å²) >= 11 is 6.22. The summed E-state index contributed by atoms with van der Waals surface area (Å²) in [6.07, 6.45) is 0. The van der Waals surface area contributed by atoms with Gasteiger partial charge in [0.05, 0.1) is 18.2 Å². The minimum Gasteiger partial charge on any atom is -0.495 e. The Bertz CT molecular complexity index is 1350. The van der Waals surface area contributed by atoms with Crippen LogP contribution in [-0.4, -0.2) is 19.6 Å². The molecule has 4 aromatic rings. The van der Waals surface area contributed by atoms with E-state index < -0.39 is 17.9 Å². The van der Waals surface area contributed by atoms with E-state index in [2.05, 4.69) is 5.32 Å². The molecule has 4 rings (SSSR count). The van der Waals surface area contributed by atoms with E-state index in [9.17, 15) is 9.59 Å². The van der Waals surface area contributed by atoms with Gasteiger partial charge < -0.3 is 19.2 Å². The van der Waals surface area contributed by atoms with Gasteiger partial charge in [0.25, 0.3) is 5.91 Å². The maximum absolute atomic E-state index is 13.3. The summed E-state index contributed by atoms with van der Waals surface area (Å²) in [5.74, 6) is 0.254. The number of hydrogen-bond donors (Lipinski definition) is 1. The summed E-state index contributed by atoms with van der Waals surface area (Å²) in [6, 6.07) is 19.4. The third-order valence-electron chi connectivity index (χ3n) is 4.89. The summed E-state index contributed by atoms with van der Waals surface area (Å²) in [4.78, 5) is 25.8. The van der Waals surface area contributed by atoms with Crippen molar-refractivity contribution in [1.82, 2.24) is 0 Å². The van der Waals surface area contributed by atoms with Crippen LogP contribution in [0.15, 0.2) is 75.9 Å². The molecule has 0 spiro atoms. The molecule has 6 nitrogen and oxygen atoms in total. The predicted octanol–water partition coefficient (Wildman–Crippen LogP) is 5.45. The van der Waals surface area contributed by atoms with E-state index >= 15 is 0 Å². The van der Waals surface area contributed by atoms with Crippen LogP contribution in [0.2, 0.25) is 5.02 Å². The van der Waals surface area contributed by atoms with Crippen LogP contribution < -0.4 is 20.2 Å². The van der Waals surface area contributed by atoms with Crippen molar-refractivity contribution in [2.24, 2.45) is 0 Å². The minimum absolute atomic E-state index is 0.0567. The van der Waals surface area contributed by atoms with E-state index in [4.69, 9.17) is 25.5 Å². The van der Waals surface area contributed by atoms with Crippen molar-refractivity contribution >= 4 is 34.2 Å². The van der Waals surface area contributed by atoms with E-state index in [1.54, 1.807) is 48.5 Å². The van der Waals surface area contributed by atoms with Gasteiger partial charge in [-0.25, -0.2) is 0 Å². The Labute approximate surface area is 189 Å². The molecule has 1 amide bonds. The lowest BCUT2D eigenvalue weighted by Crippen LogP contribution is -2.23. The molecule has 7 heteroatoms. The molecule has 0 aliphatic rings. The number of methoxy groups -OCH3 is 1. The number of halogens is 1. The van der Waals surface area contributed by atoms with Crippen molar-refractivity contribution in [3.05, 3.63) is 87.5 Å². The van der Waals surface area contributed by atoms with E-state index in [1.165, 1.54) is 7.11 Å².